The molecule has 2 heterocycles. The number of aliphatic carboxylic acids is 1. The lowest BCUT2D eigenvalue weighted by Gasteiger charge is -2.26. The van der Waals surface area contributed by atoms with Crippen LogP contribution in [0.2, 0.25) is 0 Å². The first kappa shape index (κ1) is 17.3. The Balaban J connectivity index is 1.74. The topological polar surface area (TPSA) is 83.5 Å². The molecule has 132 valence electrons. The summed E-state index contributed by atoms with van der Waals surface area (Å²) in [5.74, 6) is -1.94. The van der Waals surface area contributed by atoms with Crippen LogP contribution in [-0.2, 0) is 35.1 Å². The smallest absolute Gasteiger partial charge is 0.335 e. The quantitative estimate of drug-likeness (QED) is 0.842. The van der Waals surface area contributed by atoms with E-state index in [1.807, 2.05) is 30.3 Å². The minimum Gasteiger partial charge on any atom is -0.479 e. The molecule has 1 unspecified atom stereocenters. The summed E-state index contributed by atoms with van der Waals surface area (Å²) in [6.07, 6.45) is -3.76. The standard InChI is InChI=1S/C17H22O7/c1-17(2)23-12-11(13(20-3)15(18)19)22-16(14(12)24-17)21-9-10-7-5-4-6-8-10/h4-8,11-14,16H,9H2,1-3H3,(H,18,19)/t11-,12-,13?,14-,16-/m0/s1. The van der Waals surface area contributed by atoms with Crippen molar-refractivity contribution in [3.8, 4) is 0 Å². The molecular weight excluding hydrogens is 316 g/mol. The van der Waals surface area contributed by atoms with E-state index in [4.69, 9.17) is 23.7 Å². The molecule has 0 aromatic heterocycles. The van der Waals surface area contributed by atoms with Gasteiger partial charge in [0, 0.05) is 7.11 Å². The van der Waals surface area contributed by atoms with Crippen molar-refractivity contribution in [1.29, 1.82) is 0 Å². The number of fused-ring (bicyclic) bond motifs is 1. The van der Waals surface area contributed by atoms with Crippen LogP contribution in [0.15, 0.2) is 30.3 Å². The van der Waals surface area contributed by atoms with Crippen molar-refractivity contribution >= 4 is 5.97 Å². The van der Waals surface area contributed by atoms with E-state index in [0.717, 1.165) is 5.56 Å². The summed E-state index contributed by atoms with van der Waals surface area (Å²) in [6, 6.07) is 9.64. The van der Waals surface area contributed by atoms with Gasteiger partial charge in [-0.15, -0.1) is 0 Å². The third kappa shape index (κ3) is 3.45. The Morgan fingerprint density at radius 1 is 1.25 bits per heavy atom. The van der Waals surface area contributed by atoms with Gasteiger partial charge < -0.3 is 28.8 Å². The molecule has 1 N–H and O–H groups in total. The van der Waals surface area contributed by atoms with Gasteiger partial charge in [0.25, 0.3) is 0 Å². The molecule has 0 amide bonds. The second-order valence-electron chi connectivity index (χ2n) is 6.32. The lowest BCUT2D eigenvalue weighted by molar-refractivity contribution is -0.247. The Bertz CT molecular complexity index is 574. The summed E-state index contributed by atoms with van der Waals surface area (Å²) in [4.78, 5) is 11.4. The Kier molecular flexibility index (Phi) is 4.89. The molecular formula is C17H22O7. The Morgan fingerprint density at radius 3 is 2.54 bits per heavy atom. The summed E-state index contributed by atoms with van der Waals surface area (Å²) in [5.41, 5.74) is 0.987. The van der Waals surface area contributed by atoms with Crippen LogP contribution in [0.1, 0.15) is 19.4 Å². The van der Waals surface area contributed by atoms with Gasteiger partial charge in [-0.25, -0.2) is 4.79 Å². The minimum absolute atomic E-state index is 0.329. The zero-order valence-electron chi connectivity index (χ0n) is 13.9. The lowest BCUT2D eigenvalue weighted by Crippen LogP contribution is -2.44. The van der Waals surface area contributed by atoms with Crippen molar-refractivity contribution < 1.29 is 33.6 Å². The molecule has 3 rings (SSSR count). The SMILES string of the molecule is COC(C(=O)O)[C@H]1O[C@H](OCc2ccccc2)[C@H]2OC(C)(C)O[C@H]21. The molecule has 7 nitrogen and oxygen atoms in total. The molecule has 2 fully saturated rings. The number of rotatable bonds is 6. The van der Waals surface area contributed by atoms with Gasteiger partial charge in [0.2, 0.25) is 0 Å². The number of ether oxygens (including phenoxy) is 5. The Morgan fingerprint density at radius 2 is 1.92 bits per heavy atom. The maximum Gasteiger partial charge on any atom is 0.335 e. The summed E-state index contributed by atoms with van der Waals surface area (Å²) in [5, 5.41) is 9.34. The van der Waals surface area contributed by atoms with Crippen LogP contribution < -0.4 is 0 Å². The van der Waals surface area contributed by atoms with E-state index in [1.54, 1.807) is 13.8 Å². The van der Waals surface area contributed by atoms with Crippen LogP contribution >= 0.6 is 0 Å². The molecule has 2 aliphatic heterocycles. The zero-order chi connectivity index (χ0) is 17.3. The molecule has 0 saturated carbocycles. The summed E-state index contributed by atoms with van der Waals surface area (Å²) in [6.45, 7) is 3.88. The molecule has 5 atom stereocenters. The molecule has 1 aromatic carbocycles. The molecule has 7 heteroatoms. The van der Waals surface area contributed by atoms with Gasteiger partial charge in [0.05, 0.1) is 6.61 Å². The predicted octanol–water partition coefficient (Wildman–Crippen LogP) is 1.55. The summed E-state index contributed by atoms with van der Waals surface area (Å²) < 4.78 is 28.4. The molecule has 1 aromatic rings. The maximum absolute atomic E-state index is 11.4. The highest BCUT2D eigenvalue weighted by Gasteiger charge is 2.59. The van der Waals surface area contributed by atoms with E-state index in [-0.39, 0.29) is 0 Å². The van der Waals surface area contributed by atoms with E-state index < -0.39 is 42.5 Å². The molecule has 24 heavy (non-hydrogen) atoms. The van der Waals surface area contributed by atoms with Crippen molar-refractivity contribution in [2.24, 2.45) is 0 Å². The maximum atomic E-state index is 11.4. The zero-order valence-corrected chi connectivity index (χ0v) is 13.9. The average Bonchev–Trinajstić information content (AvgIpc) is 3.01. The van der Waals surface area contributed by atoms with E-state index in [0.29, 0.717) is 6.61 Å². The Labute approximate surface area is 140 Å². The number of methoxy groups -OCH3 is 1. The third-order valence-corrected chi connectivity index (χ3v) is 4.10. The van der Waals surface area contributed by atoms with E-state index >= 15 is 0 Å². The van der Waals surface area contributed by atoms with Crippen LogP contribution in [0.4, 0.5) is 0 Å². The number of carboxylic acids is 1. The Hall–Kier alpha value is -1.51. The number of hydrogen-bond donors (Lipinski definition) is 1. The van der Waals surface area contributed by atoms with Crippen LogP contribution in [0.3, 0.4) is 0 Å². The number of hydrogen-bond acceptors (Lipinski definition) is 6. The van der Waals surface area contributed by atoms with Gasteiger partial charge in [-0.3, -0.25) is 0 Å². The fourth-order valence-corrected chi connectivity index (χ4v) is 3.10. The van der Waals surface area contributed by atoms with Gasteiger partial charge in [-0.05, 0) is 19.4 Å². The first-order chi connectivity index (χ1) is 11.4. The van der Waals surface area contributed by atoms with Gasteiger partial charge >= 0.3 is 5.97 Å². The molecule has 0 aliphatic carbocycles. The first-order valence-electron chi connectivity index (χ1n) is 7.83. The van der Waals surface area contributed by atoms with Gasteiger partial charge in [-0.2, -0.15) is 0 Å². The monoisotopic (exact) mass is 338 g/mol. The van der Waals surface area contributed by atoms with E-state index in [2.05, 4.69) is 0 Å². The third-order valence-electron chi connectivity index (χ3n) is 4.10. The fourth-order valence-electron chi connectivity index (χ4n) is 3.10. The largest absolute Gasteiger partial charge is 0.479 e. The van der Waals surface area contributed by atoms with Crippen molar-refractivity contribution in [3.63, 3.8) is 0 Å². The van der Waals surface area contributed by atoms with Gasteiger partial charge in [0.15, 0.2) is 18.2 Å². The molecule has 0 bridgehead atoms. The van der Waals surface area contributed by atoms with Gasteiger partial charge in [0.1, 0.15) is 18.3 Å². The van der Waals surface area contributed by atoms with Crippen LogP contribution in [0, 0.1) is 0 Å². The minimum atomic E-state index is -1.15. The average molecular weight is 338 g/mol. The van der Waals surface area contributed by atoms with Crippen LogP contribution in [0.5, 0.6) is 0 Å². The van der Waals surface area contributed by atoms with Crippen molar-refractivity contribution in [1.82, 2.24) is 0 Å². The van der Waals surface area contributed by atoms with Crippen LogP contribution in [0.25, 0.3) is 0 Å². The van der Waals surface area contributed by atoms with Crippen LogP contribution in [-0.4, -0.2) is 54.7 Å². The molecule has 0 spiro atoms. The first-order valence-corrected chi connectivity index (χ1v) is 7.83. The highest BCUT2D eigenvalue weighted by Crippen LogP contribution is 2.40. The lowest BCUT2D eigenvalue weighted by atomic mass is 10.1. The number of carboxylic acid groups (broad SMARTS) is 1. The van der Waals surface area contributed by atoms with Crippen molar-refractivity contribution in [2.45, 2.75) is 56.9 Å². The molecule has 2 aliphatic rings. The summed E-state index contributed by atoms with van der Waals surface area (Å²) >= 11 is 0. The molecule has 2 saturated heterocycles. The predicted molar refractivity (Wildman–Crippen MR) is 82.1 cm³/mol. The number of carbonyl (C=O) groups is 1. The fraction of sp³-hybridized carbons (Fsp3) is 0.588. The van der Waals surface area contributed by atoms with Gasteiger partial charge in [-0.1, -0.05) is 30.3 Å². The summed E-state index contributed by atoms with van der Waals surface area (Å²) in [7, 11) is 1.33. The van der Waals surface area contributed by atoms with E-state index in [9.17, 15) is 9.90 Å². The highest BCUT2D eigenvalue weighted by atomic mass is 16.8. The van der Waals surface area contributed by atoms with Crippen molar-refractivity contribution in [2.75, 3.05) is 7.11 Å². The normalized spacial score (nSPS) is 32.5. The molecule has 0 radical (unpaired) electrons. The highest BCUT2D eigenvalue weighted by molar-refractivity contribution is 5.73. The second-order valence-corrected chi connectivity index (χ2v) is 6.32. The number of benzene rings is 1. The second kappa shape index (κ2) is 6.78. The van der Waals surface area contributed by atoms with Crippen molar-refractivity contribution in [3.05, 3.63) is 35.9 Å². The van der Waals surface area contributed by atoms with E-state index in [1.165, 1.54) is 7.11 Å².